The Balaban J connectivity index is 2.50. The molecule has 5 nitrogen and oxygen atoms in total. The molecule has 1 aromatic rings. The van der Waals surface area contributed by atoms with Crippen LogP contribution in [0.3, 0.4) is 0 Å². The van der Waals surface area contributed by atoms with E-state index in [1.165, 1.54) is 7.11 Å². The maximum absolute atomic E-state index is 11.8. The molecule has 0 unspecified atom stereocenters. The fourth-order valence-electron chi connectivity index (χ4n) is 1.69. The molecule has 0 aliphatic rings. The Bertz CT molecular complexity index is 503. The Kier molecular flexibility index (Phi) is 7.11. The molecular formula is C16H23NO4S. The summed E-state index contributed by atoms with van der Waals surface area (Å²) in [6.07, 6.45) is 4.43. The van der Waals surface area contributed by atoms with Crippen molar-refractivity contribution in [2.24, 2.45) is 0 Å². The van der Waals surface area contributed by atoms with Crippen LogP contribution in [0, 0.1) is 0 Å². The van der Waals surface area contributed by atoms with E-state index in [9.17, 15) is 9.59 Å². The van der Waals surface area contributed by atoms with Gasteiger partial charge in [-0.05, 0) is 56.0 Å². The van der Waals surface area contributed by atoms with Gasteiger partial charge < -0.3 is 14.8 Å². The number of amides is 1. The van der Waals surface area contributed by atoms with Crippen molar-refractivity contribution in [1.29, 1.82) is 0 Å². The lowest BCUT2D eigenvalue weighted by molar-refractivity contribution is -0.143. The minimum atomic E-state index is -0.716. The van der Waals surface area contributed by atoms with Crippen LogP contribution in [0.25, 0.3) is 6.08 Å². The average molecular weight is 325 g/mol. The van der Waals surface area contributed by atoms with E-state index in [2.05, 4.69) is 5.32 Å². The van der Waals surface area contributed by atoms with Gasteiger partial charge in [-0.25, -0.2) is 9.59 Å². The number of carbonyl (C=O) groups is 2. The quantitative estimate of drug-likeness (QED) is 0.812. The lowest BCUT2D eigenvalue weighted by Crippen LogP contribution is -2.43. The standard InChI is InChI=1S/C16H23NO4S/c1-16(2,3)21-15(19)17-13(14(18)20-4)8-6-5-7-12-9-10-22-11-12/h5,7,9-11,13H,6,8H2,1-4H3,(H,17,19)/b7-5+/t13-/m0/s1. The van der Waals surface area contributed by atoms with Crippen molar-refractivity contribution in [2.45, 2.75) is 45.3 Å². The minimum Gasteiger partial charge on any atom is -0.467 e. The highest BCUT2D eigenvalue weighted by Crippen LogP contribution is 2.11. The zero-order valence-electron chi connectivity index (χ0n) is 13.4. The van der Waals surface area contributed by atoms with Gasteiger partial charge in [-0.2, -0.15) is 11.3 Å². The van der Waals surface area contributed by atoms with E-state index in [0.717, 1.165) is 5.56 Å². The Hall–Kier alpha value is -1.82. The van der Waals surface area contributed by atoms with Crippen molar-refractivity contribution in [3.8, 4) is 0 Å². The zero-order chi connectivity index (χ0) is 16.6. The Morgan fingerprint density at radius 2 is 2.14 bits per heavy atom. The van der Waals surface area contributed by atoms with Crippen LogP contribution in [-0.4, -0.2) is 30.8 Å². The van der Waals surface area contributed by atoms with E-state index in [1.54, 1.807) is 32.1 Å². The molecule has 1 heterocycles. The van der Waals surface area contributed by atoms with Crippen molar-refractivity contribution in [2.75, 3.05) is 7.11 Å². The van der Waals surface area contributed by atoms with E-state index in [1.807, 2.05) is 29.0 Å². The second-order valence-electron chi connectivity index (χ2n) is 5.76. The largest absolute Gasteiger partial charge is 0.467 e. The molecule has 22 heavy (non-hydrogen) atoms. The van der Waals surface area contributed by atoms with Gasteiger partial charge in [0.05, 0.1) is 7.11 Å². The number of esters is 1. The maximum atomic E-state index is 11.8. The van der Waals surface area contributed by atoms with Crippen molar-refractivity contribution in [3.63, 3.8) is 0 Å². The lowest BCUT2D eigenvalue weighted by Gasteiger charge is -2.22. The Morgan fingerprint density at radius 3 is 2.68 bits per heavy atom. The van der Waals surface area contributed by atoms with Crippen LogP contribution >= 0.6 is 11.3 Å². The predicted octanol–water partition coefficient (Wildman–Crippen LogP) is 3.61. The van der Waals surface area contributed by atoms with Gasteiger partial charge in [-0.15, -0.1) is 0 Å². The number of ether oxygens (including phenoxy) is 2. The van der Waals surface area contributed by atoms with Crippen LogP contribution in [0.2, 0.25) is 0 Å². The van der Waals surface area contributed by atoms with Crippen molar-refractivity contribution in [1.82, 2.24) is 5.32 Å². The van der Waals surface area contributed by atoms with Gasteiger partial charge >= 0.3 is 12.1 Å². The summed E-state index contributed by atoms with van der Waals surface area (Å²) in [6.45, 7) is 5.30. The fourth-order valence-corrected chi connectivity index (χ4v) is 2.32. The van der Waals surface area contributed by atoms with E-state index in [0.29, 0.717) is 12.8 Å². The zero-order valence-corrected chi connectivity index (χ0v) is 14.2. The van der Waals surface area contributed by atoms with Crippen molar-refractivity contribution >= 4 is 29.5 Å². The van der Waals surface area contributed by atoms with E-state index in [-0.39, 0.29) is 0 Å². The first-order valence-corrected chi connectivity index (χ1v) is 8.02. The summed E-state index contributed by atoms with van der Waals surface area (Å²) in [5.41, 5.74) is 0.517. The molecule has 0 saturated heterocycles. The number of nitrogens with one attached hydrogen (secondary N) is 1. The number of alkyl carbamates (subject to hydrolysis) is 1. The van der Waals surface area contributed by atoms with E-state index in [4.69, 9.17) is 9.47 Å². The van der Waals surface area contributed by atoms with E-state index >= 15 is 0 Å². The molecule has 0 fully saturated rings. The summed E-state index contributed by atoms with van der Waals surface area (Å²) in [7, 11) is 1.30. The smallest absolute Gasteiger partial charge is 0.408 e. The van der Waals surface area contributed by atoms with Gasteiger partial charge in [0.15, 0.2) is 0 Å². The Morgan fingerprint density at radius 1 is 1.41 bits per heavy atom. The summed E-state index contributed by atoms with van der Waals surface area (Å²) in [5, 5.41) is 6.59. The number of rotatable bonds is 6. The summed E-state index contributed by atoms with van der Waals surface area (Å²) in [6, 6.07) is 1.30. The molecule has 1 amide bonds. The number of hydrogen-bond donors (Lipinski definition) is 1. The summed E-state index contributed by atoms with van der Waals surface area (Å²) < 4.78 is 9.87. The highest BCUT2D eigenvalue weighted by atomic mass is 32.1. The van der Waals surface area contributed by atoms with Gasteiger partial charge in [0.25, 0.3) is 0 Å². The van der Waals surface area contributed by atoms with Crippen LogP contribution in [0.1, 0.15) is 39.2 Å². The second-order valence-corrected chi connectivity index (χ2v) is 6.54. The third kappa shape index (κ3) is 7.26. The molecule has 1 rings (SSSR count). The molecule has 1 atom stereocenters. The third-order valence-corrected chi connectivity index (χ3v) is 3.35. The first-order chi connectivity index (χ1) is 10.3. The van der Waals surface area contributed by atoms with Gasteiger partial charge in [0, 0.05) is 0 Å². The molecule has 0 spiro atoms. The monoisotopic (exact) mass is 325 g/mol. The van der Waals surface area contributed by atoms with Crippen LogP contribution < -0.4 is 5.32 Å². The highest BCUT2D eigenvalue weighted by Gasteiger charge is 2.24. The summed E-state index contributed by atoms with van der Waals surface area (Å²) >= 11 is 1.63. The van der Waals surface area contributed by atoms with Gasteiger partial charge in [-0.3, -0.25) is 0 Å². The average Bonchev–Trinajstić information content (AvgIpc) is 2.92. The van der Waals surface area contributed by atoms with Crippen LogP contribution in [0.4, 0.5) is 4.79 Å². The number of hydrogen-bond acceptors (Lipinski definition) is 5. The van der Waals surface area contributed by atoms with Gasteiger partial charge in [0.2, 0.25) is 0 Å². The minimum absolute atomic E-state index is 0.451. The molecular weight excluding hydrogens is 302 g/mol. The number of allylic oxidation sites excluding steroid dienone is 1. The number of thiophene rings is 1. The molecule has 6 heteroatoms. The van der Waals surface area contributed by atoms with Crippen molar-refractivity contribution in [3.05, 3.63) is 28.5 Å². The molecule has 0 aliphatic heterocycles. The van der Waals surface area contributed by atoms with Crippen molar-refractivity contribution < 1.29 is 19.1 Å². The molecule has 0 aliphatic carbocycles. The summed E-state index contributed by atoms with van der Waals surface area (Å²) in [4.78, 5) is 23.5. The molecule has 1 N–H and O–H groups in total. The fraction of sp³-hybridized carbons (Fsp3) is 0.500. The molecule has 0 aromatic carbocycles. The first kappa shape index (κ1) is 18.2. The molecule has 122 valence electrons. The number of methoxy groups -OCH3 is 1. The SMILES string of the molecule is COC(=O)[C@H](CC/C=C/c1ccsc1)NC(=O)OC(C)(C)C. The first-order valence-electron chi connectivity index (χ1n) is 7.08. The van der Waals surface area contributed by atoms with Crippen LogP contribution in [-0.2, 0) is 14.3 Å². The molecule has 0 bridgehead atoms. The van der Waals surface area contributed by atoms with Gasteiger partial charge in [-0.1, -0.05) is 12.2 Å². The summed E-state index contributed by atoms with van der Waals surface area (Å²) in [5.74, 6) is -0.477. The Labute approximate surface area is 135 Å². The van der Waals surface area contributed by atoms with Gasteiger partial charge in [0.1, 0.15) is 11.6 Å². The van der Waals surface area contributed by atoms with E-state index < -0.39 is 23.7 Å². The predicted molar refractivity (Wildman–Crippen MR) is 87.8 cm³/mol. The topological polar surface area (TPSA) is 64.6 Å². The molecule has 1 aromatic heterocycles. The van der Waals surface area contributed by atoms with Crippen LogP contribution in [0.15, 0.2) is 22.9 Å². The third-order valence-electron chi connectivity index (χ3n) is 2.65. The second kappa shape index (κ2) is 8.58. The molecule has 0 radical (unpaired) electrons. The normalized spacial score (nSPS) is 12.9. The highest BCUT2D eigenvalue weighted by molar-refractivity contribution is 7.08. The lowest BCUT2D eigenvalue weighted by atomic mass is 10.1. The maximum Gasteiger partial charge on any atom is 0.408 e. The van der Waals surface area contributed by atoms with Crippen LogP contribution in [0.5, 0.6) is 0 Å². The number of carbonyl (C=O) groups excluding carboxylic acids is 2. The molecule has 0 saturated carbocycles.